The van der Waals surface area contributed by atoms with Crippen molar-refractivity contribution in [2.24, 2.45) is 0 Å². The van der Waals surface area contributed by atoms with Gasteiger partial charge in [-0.15, -0.1) is 0 Å². The second kappa shape index (κ2) is 11.4. The Morgan fingerprint density at radius 1 is 0.939 bits per heavy atom. The molecule has 0 radical (unpaired) electrons. The maximum atomic E-state index is 12.2. The Kier molecular flexibility index (Phi) is 8.09. The van der Waals surface area contributed by atoms with Gasteiger partial charge in [0.25, 0.3) is 0 Å². The van der Waals surface area contributed by atoms with Gasteiger partial charge in [0.15, 0.2) is 18.1 Å². The van der Waals surface area contributed by atoms with Crippen LogP contribution >= 0.6 is 0 Å². The van der Waals surface area contributed by atoms with Crippen molar-refractivity contribution in [2.45, 2.75) is 13.3 Å². The minimum absolute atomic E-state index is 0.208. The highest BCUT2D eigenvalue weighted by Crippen LogP contribution is 2.31. The Bertz CT molecular complexity index is 1180. The quantitative estimate of drug-likeness (QED) is 0.193. The molecule has 33 heavy (non-hydrogen) atoms. The molecule has 0 amide bonds. The number of carbonyl (C=O) groups excluding carboxylic acids is 1. The monoisotopic (exact) mass is 443 g/mol. The van der Waals surface area contributed by atoms with Crippen molar-refractivity contribution in [2.75, 3.05) is 20.8 Å². The molecule has 0 aromatic heterocycles. The molecule has 0 bridgehead atoms. The van der Waals surface area contributed by atoms with E-state index in [1.165, 1.54) is 5.56 Å². The molecule has 0 spiro atoms. The lowest BCUT2D eigenvalue weighted by Crippen LogP contribution is -2.17. The van der Waals surface area contributed by atoms with E-state index < -0.39 is 5.97 Å². The number of allylic oxidation sites excluding steroid dienone is 1. The smallest absolute Gasteiger partial charge is 0.349 e. The van der Waals surface area contributed by atoms with E-state index in [4.69, 9.17) is 18.9 Å². The van der Waals surface area contributed by atoms with Crippen LogP contribution in [0.15, 0.2) is 66.7 Å². The predicted molar refractivity (Wildman–Crippen MR) is 126 cm³/mol. The predicted octanol–water partition coefficient (Wildman–Crippen LogP) is 5.31. The van der Waals surface area contributed by atoms with Gasteiger partial charge in [0.05, 0.1) is 25.9 Å². The molecular formula is C27H25NO5. The normalized spacial score (nSPS) is 10.8. The molecule has 3 rings (SSSR count). The number of ether oxygens (including phenoxy) is 4. The Balaban J connectivity index is 1.69. The molecule has 0 atom stereocenters. The molecule has 3 aromatic rings. The summed E-state index contributed by atoms with van der Waals surface area (Å²) in [5.41, 5.74) is 3.01. The van der Waals surface area contributed by atoms with Crippen molar-refractivity contribution in [3.8, 4) is 29.1 Å². The Morgan fingerprint density at radius 3 is 2.36 bits per heavy atom. The first-order chi connectivity index (χ1) is 16.1. The van der Waals surface area contributed by atoms with E-state index in [9.17, 15) is 10.1 Å². The highest BCUT2D eigenvalue weighted by molar-refractivity contribution is 5.90. The summed E-state index contributed by atoms with van der Waals surface area (Å²) in [7, 11) is 3.09. The summed E-state index contributed by atoms with van der Waals surface area (Å²) in [6.07, 6.45) is 2.65. The second-order valence-corrected chi connectivity index (χ2v) is 7.07. The van der Waals surface area contributed by atoms with Crippen molar-refractivity contribution in [1.82, 2.24) is 0 Å². The van der Waals surface area contributed by atoms with Crippen LogP contribution in [0.3, 0.4) is 0 Å². The maximum absolute atomic E-state index is 12.2. The number of esters is 1. The van der Waals surface area contributed by atoms with Crippen LogP contribution in [-0.4, -0.2) is 26.8 Å². The minimum atomic E-state index is -0.518. The molecule has 0 aliphatic carbocycles. The molecule has 0 aliphatic rings. The van der Waals surface area contributed by atoms with Gasteiger partial charge in [-0.3, -0.25) is 0 Å². The van der Waals surface area contributed by atoms with Crippen molar-refractivity contribution in [3.63, 3.8) is 0 Å². The summed E-state index contributed by atoms with van der Waals surface area (Å²) >= 11 is 0. The zero-order chi connectivity index (χ0) is 23.6. The molecule has 6 heteroatoms. The van der Waals surface area contributed by atoms with Crippen molar-refractivity contribution in [3.05, 3.63) is 83.4 Å². The van der Waals surface area contributed by atoms with Crippen LogP contribution in [0.4, 0.5) is 0 Å². The average molecular weight is 443 g/mol. The molecule has 168 valence electrons. The Labute approximate surface area is 193 Å². The van der Waals surface area contributed by atoms with Crippen molar-refractivity contribution in [1.29, 1.82) is 5.26 Å². The van der Waals surface area contributed by atoms with E-state index in [1.807, 2.05) is 30.3 Å². The number of aryl methyl sites for hydroxylation is 1. The lowest BCUT2D eigenvalue weighted by atomic mass is 10.0. The fraction of sp³-hybridized carbons (Fsp3) is 0.185. The van der Waals surface area contributed by atoms with Crippen LogP contribution in [-0.2, 0) is 11.2 Å². The molecule has 6 nitrogen and oxygen atoms in total. The zero-order valence-corrected chi connectivity index (χ0v) is 18.8. The van der Waals surface area contributed by atoms with Gasteiger partial charge in [0.1, 0.15) is 11.5 Å². The fourth-order valence-corrected chi connectivity index (χ4v) is 3.14. The molecule has 0 unspecified atom stereocenters. The average Bonchev–Trinajstić information content (AvgIpc) is 2.86. The molecule has 0 saturated carbocycles. The topological polar surface area (TPSA) is 77.8 Å². The van der Waals surface area contributed by atoms with E-state index in [1.54, 1.807) is 56.7 Å². The molecule has 0 aliphatic heterocycles. The van der Waals surface area contributed by atoms with Crippen LogP contribution in [0, 0.1) is 11.3 Å². The van der Waals surface area contributed by atoms with Gasteiger partial charge in [-0.1, -0.05) is 31.2 Å². The van der Waals surface area contributed by atoms with E-state index in [0.29, 0.717) is 39.7 Å². The first-order valence-electron chi connectivity index (χ1n) is 10.4. The Morgan fingerprint density at radius 2 is 1.70 bits per heavy atom. The highest BCUT2D eigenvalue weighted by atomic mass is 16.6. The number of carbonyl (C=O) groups is 1. The number of rotatable bonds is 9. The van der Waals surface area contributed by atoms with Crippen LogP contribution in [0.5, 0.6) is 23.0 Å². The molecular weight excluding hydrogens is 418 g/mol. The molecule has 0 saturated heterocycles. The largest absolute Gasteiger partial charge is 0.493 e. The standard InChI is InChI=1S/C27H25NO5/c1-4-19-8-11-23(12-9-19)32-18-27(29)33-24-7-5-6-20(15-24)14-22(17-28)21-10-13-25(30-2)26(16-21)31-3/h5-16H,4,18H2,1-3H3/b22-14-. The summed E-state index contributed by atoms with van der Waals surface area (Å²) in [6.45, 7) is 1.87. The van der Waals surface area contributed by atoms with Crippen LogP contribution < -0.4 is 18.9 Å². The van der Waals surface area contributed by atoms with Crippen LogP contribution in [0.1, 0.15) is 23.6 Å². The summed E-state index contributed by atoms with van der Waals surface area (Å²) in [6, 6.07) is 22.0. The van der Waals surface area contributed by atoms with Crippen LogP contribution in [0.25, 0.3) is 11.6 Å². The lowest BCUT2D eigenvalue weighted by molar-refractivity contribution is -0.136. The van der Waals surface area contributed by atoms with E-state index in [0.717, 1.165) is 6.42 Å². The lowest BCUT2D eigenvalue weighted by Gasteiger charge is -2.09. The minimum Gasteiger partial charge on any atom is -0.493 e. The summed E-state index contributed by atoms with van der Waals surface area (Å²) < 4.78 is 21.5. The van der Waals surface area contributed by atoms with Crippen molar-refractivity contribution >= 4 is 17.6 Å². The first-order valence-corrected chi connectivity index (χ1v) is 10.4. The molecule has 0 N–H and O–H groups in total. The van der Waals surface area contributed by atoms with Crippen molar-refractivity contribution < 1.29 is 23.7 Å². The van der Waals surface area contributed by atoms with Gasteiger partial charge < -0.3 is 18.9 Å². The molecule has 0 fully saturated rings. The zero-order valence-electron chi connectivity index (χ0n) is 18.8. The molecule has 0 heterocycles. The van der Waals surface area contributed by atoms with Gasteiger partial charge in [-0.25, -0.2) is 4.79 Å². The van der Waals surface area contributed by atoms with Crippen LogP contribution in [0.2, 0.25) is 0 Å². The number of methoxy groups -OCH3 is 2. The van der Waals surface area contributed by atoms with Gasteiger partial charge in [0.2, 0.25) is 0 Å². The summed E-state index contributed by atoms with van der Waals surface area (Å²) in [5.74, 6) is 1.56. The second-order valence-electron chi connectivity index (χ2n) is 7.07. The third-order valence-corrected chi connectivity index (χ3v) is 4.90. The number of nitrogens with zero attached hydrogens (tertiary/aromatic N) is 1. The third kappa shape index (κ3) is 6.37. The fourth-order valence-electron chi connectivity index (χ4n) is 3.14. The number of nitriles is 1. The SMILES string of the molecule is CCc1ccc(OCC(=O)Oc2cccc(/C=C(/C#N)c3ccc(OC)c(OC)c3)c2)cc1. The number of hydrogen-bond acceptors (Lipinski definition) is 6. The van der Waals surface area contributed by atoms with Gasteiger partial charge >= 0.3 is 5.97 Å². The van der Waals surface area contributed by atoms with E-state index in [2.05, 4.69) is 13.0 Å². The summed E-state index contributed by atoms with van der Waals surface area (Å²) in [4.78, 5) is 12.2. The van der Waals surface area contributed by atoms with E-state index in [-0.39, 0.29) is 6.61 Å². The number of hydrogen-bond donors (Lipinski definition) is 0. The maximum Gasteiger partial charge on any atom is 0.349 e. The highest BCUT2D eigenvalue weighted by Gasteiger charge is 2.10. The Hall–Kier alpha value is -4.24. The van der Waals surface area contributed by atoms with Gasteiger partial charge in [0, 0.05) is 0 Å². The van der Waals surface area contributed by atoms with Gasteiger partial charge in [-0.2, -0.15) is 5.26 Å². The third-order valence-electron chi connectivity index (χ3n) is 4.90. The molecule has 3 aromatic carbocycles. The first kappa shape index (κ1) is 23.4. The van der Waals surface area contributed by atoms with E-state index >= 15 is 0 Å². The number of benzene rings is 3. The summed E-state index contributed by atoms with van der Waals surface area (Å²) in [5, 5.41) is 9.66. The van der Waals surface area contributed by atoms with Gasteiger partial charge in [-0.05, 0) is 71.7 Å².